The van der Waals surface area contributed by atoms with Gasteiger partial charge in [0, 0.05) is 34.4 Å². The van der Waals surface area contributed by atoms with Crippen LogP contribution in [0.3, 0.4) is 0 Å². The van der Waals surface area contributed by atoms with E-state index in [-0.39, 0.29) is 12.1 Å². The molecule has 0 spiro atoms. The Labute approximate surface area is 183 Å². The molecule has 30 heavy (non-hydrogen) atoms. The first-order valence-electron chi connectivity index (χ1n) is 10.9. The molecule has 3 heterocycles. The first kappa shape index (κ1) is 21.6. The second-order valence-corrected chi connectivity index (χ2v) is 8.90. The fraction of sp³-hybridized carbons (Fsp3) is 0.542. The van der Waals surface area contributed by atoms with E-state index < -0.39 is 0 Å². The number of hydrogen-bond acceptors (Lipinski definition) is 4. The SMILES string of the molecule is Cc1cc(C(=O)CN2CCC(C3OCCO3)CC2)c(C)n1CCc1ccc(Cl)cc1. The van der Waals surface area contributed by atoms with Crippen molar-refractivity contribution < 1.29 is 14.3 Å². The number of rotatable bonds is 7. The lowest BCUT2D eigenvalue weighted by Gasteiger charge is -2.33. The molecule has 0 amide bonds. The van der Waals surface area contributed by atoms with Crippen LogP contribution in [0.25, 0.3) is 0 Å². The van der Waals surface area contributed by atoms with Gasteiger partial charge >= 0.3 is 0 Å². The normalized spacial score (nSPS) is 18.9. The minimum Gasteiger partial charge on any atom is -0.350 e. The summed E-state index contributed by atoms with van der Waals surface area (Å²) >= 11 is 5.98. The van der Waals surface area contributed by atoms with Crippen LogP contribution in [0, 0.1) is 19.8 Å². The summed E-state index contributed by atoms with van der Waals surface area (Å²) in [5.74, 6) is 0.671. The molecule has 4 rings (SSSR count). The Balaban J connectivity index is 1.33. The second-order valence-electron chi connectivity index (χ2n) is 8.46. The van der Waals surface area contributed by atoms with Gasteiger partial charge in [-0.1, -0.05) is 23.7 Å². The molecule has 0 aliphatic carbocycles. The van der Waals surface area contributed by atoms with Gasteiger partial charge in [0.15, 0.2) is 12.1 Å². The fourth-order valence-electron chi connectivity index (χ4n) is 4.64. The predicted molar refractivity (Wildman–Crippen MR) is 118 cm³/mol. The van der Waals surface area contributed by atoms with E-state index in [1.165, 1.54) is 5.56 Å². The van der Waals surface area contributed by atoms with Gasteiger partial charge in [-0.3, -0.25) is 9.69 Å². The van der Waals surface area contributed by atoms with Crippen LogP contribution in [0.4, 0.5) is 0 Å². The lowest BCUT2D eigenvalue weighted by atomic mass is 9.96. The first-order valence-corrected chi connectivity index (χ1v) is 11.3. The number of likely N-dealkylation sites (tertiary alicyclic amines) is 1. The molecule has 0 radical (unpaired) electrons. The Morgan fingerprint density at radius 2 is 1.77 bits per heavy atom. The average molecular weight is 431 g/mol. The number of hydrogen-bond donors (Lipinski definition) is 0. The minimum atomic E-state index is -0.0394. The molecule has 2 aliphatic heterocycles. The molecular formula is C24H31ClN2O3. The van der Waals surface area contributed by atoms with E-state index in [9.17, 15) is 4.79 Å². The van der Waals surface area contributed by atoms with Crippen molar-refractivity contribution in [2.75, 3.05) is 32.8 Å². The zero-order valence-electron chi connectivity index (χ0n) is 17.9. The van der Waals surface area contributed by atoms with Crippen LogP contribution in [-0.4, -0.2) is 54.4 Å². The highest BCUT2D eigenvalue weighted by molar-refractivity contribution is 6.30. The summed E-state index contributed by atoms with van der Waals surface area (Å²) in [6.45, 7) is 8.75. The smallest absolute Gasteiger partial charge is 0.178 e. The molecule has 0 atom stereocenters. The number of halogens is 1. The van der Waals surface area contributed by atoms with E-state index in [0.717, 1.165) is 60.9 Å². The van der Waals surface area contributed by atoms with Crippen LogP contribution in [0.2, 0.25) is 5.02 Å². The van der Waals surface area contributed by atoms with Crippen LogP contribution < -0.4 is 0 Å². The zero-order chi connectivity index (χ0) is 21.1. The Morgan fingerprint density at radius 1 is 1.10 bits per heavy atom. The molecule has 0 N–H and O–H groups in total. The number of piperidine rings is 1. The number of Topliss-reactive ketones (excluding diaryl/α,β-unsaturated/α-hetero) is 1. The highest BCUT2D eigenvalue weighted by Gasteiger charge is 2.31. The van der Waals surface area contributed by atoms with Gasteiger partial charge < -0.3 is 14.0 Å². The van der Waals surface area contributed by atoms with Gasteiger partial charge in [0.05, 0.1) is 19.8 Å². The van der Waals surface area contributed by atoms with E-state index in [1.807, 2.05) is 18.2 Å². The van der Waals surface area contributed by atoms with Gasteiger partial charge in [-0.2, -0.15) is 0 Å². The van der Waals surface area contributed by atoms with Crippen molar-refractivity contribution in [1.29, 1.82) is 0 Å². The lowest BCUT2D eigenvalue weighted by Crippen LogP contribution is -2.40. The predicted octanol–water partition coefficient (Wildman–Crippen LogP) is 4.27. The summed E-state index contributed by atoms with van der Waals surface area (Å²) in [4.78, 5) is 15.3. The van der Waals surface area contributed by atoms with Gasteiger partial charge in [0.25, 0.3) is 0 Å². The third-order valence-corrected chi connectivity index (χ3v) is 6.70. The summed E-state index contributed by atoms with van der Waals surface area (Å²) in [7, 11) is 0. The fourth-order valence-corrected chi connectivity index (χ4v) is 4.77. The maximum Gasteiger partial charge on any atom is 0.178 e. The standard InChI is InChI=1S/C24H31ClN2O3/c1-17-15-22(18(2)27(17)12-7-19-3-5-21(25)6-4-19)23(28)16-26-10-8-20(9-11-26)24-29-13-14-30-24/h3-6,15,20,24H,7-14,16H2,1-2H3. The average Bonchev–Trinajstić information content (AvgIpc) is 3.37. The van der Waals surface area contributed by atoms with Crippen molar-refractivity contribution in [2.24, 2.45) is 5.92 Å². The maximum atomic E-state index is 13.0. The quantitative estimate of drug-likeness (QED) is 0.615. The highest BCUT2D eigenvalue weighted by atomic mass is 35.5. The number of benzene rings is 1. The number of nitrogens with zero attached hydrogens (tertiary/aromatic N) is 2. The third kappa shape index (κ3) is 4.97. The number of carbonyl (C=O) groups is 1. The Hall–Kier alpha value is -1.66. The summed E-state index contributed by atoms with van der Waals surface area (Å²) < 4.78 is 13.6. The second kappa shape index (κ2) is 9.65. The van der Waals surface area contributed by atoms with Crippen molar-refractivity contribution in [3.63, 3.8) is 0 Å². The van der Waals surface area contributed by atoms with E-state index in [0.29, 0.717) is 25.7 Å². The molecule has 2 fully saturated rings. The Morgan fingerprint density at radius 3 is 2.43 bits per heavy atom. The van der Waals surface area contributed by atoms with Crippen molar-refractivity contribution in [1.82, 2.24) is 9.47 Å². The molecule has 0 unspecified atom stereocenters. The summed E-state index contributed by atoms with van der Waals surface area (Å²) in [6, 6.07) is 10.0. The molecule has 0 saturated carbocycles. The molecular weight excluding hydrogens is 400 g/mol. The van der Waals surface area contributed by atoms with Gasteiger partial charge in [0.1, 0.15) is 0 Å². The van der Waals surface area contributed by atoms with Crippen LogP contribution >= 0.6 is 11.6 Å². The van der Waals surface area contributed by atoms with Crippen LogP contribution in [0.15, 0.2) is 30.3 Å². The van der Waals surface area contributed by atoms with E-state index in [2.05, 4.69) is 35.4 Å². The van der Waals surface area contributed by atoms with E-state index >= 15 is 0 Å². The topological polar surface area (TPSA) is 43.7 Å². The molecule has 0 bridgehead atoms. The number of ether oxygens (including phenoxy) is 2. The largest absolute Gasteiger partial charge is 0.350 e. The summed E-state index contributed by atoms with van der Waals surface area (Å²) in [6.07, 6.45) is 2.93. The van der Waals surface area contributed by atoms with Gasteiger partial charge in [0.2, 0.25) is 0 Å². The van der Waals surface area contributed by atoms with Gasteiger partial charge in [-0.15, -0.1) is 0 Å². The third-order valence-electron chi connectivity index (χ3n) is 6.44. The molecule has 1 aromatic heterocycles. The summed E-state index contributed by atoms with van der Waals surface area (Å²) in [5.41, 5.74) is 4.30. The molecule has 5 nitrogen and oxygen atoms in total. The van der Waals surface area contributed by atoms with Crippen LogP contribution in [-0.2, 0) is 22.4 Å². The van der Waals surface area contributed by atoms with Gasteiger partial charge in [-0.05, 0) is 70.0 Å². The first-order chi connectivity index (χ1) is 14.5. The van der Waals surface area contributed by atoms with Crippen molar-refractivity contribution in [3.05, 3.63) is 57.9 Å². The molecule has 6 heteroatoms. The van der Waals surface area contributed by atoms with E-state index in [4.69, 9.17) is 21.1 Å². The number of ketones is 1. The van der Waals surface area contributed by atoms with Crippen LogP contribution in [0.5, 0.6) is 0 Å². The molecule has 2 aromatic rings. The number of aryl methyl sites for hydroxylation is 2. The Kier molecular flexibility index (Phi) is 6.94. The zero-order valence-corrected chi connectivity index (χ0v) is 18.7. The van der Waals surface area contributed by atoms with Crippen molar-refractivity contribution in [2.45, 2.75) is 45.9 Å². The lowest BCUT2D eigenvalue weighted by molar-refractivity contribution is -0.0968. The minimum absolute atomic E-state index is 0.0394. The monoisotopic (exact) mass is 430 g/mol. The van der Waals surface area contributed by atoms with Crippen molar-refractivity contribution in [3.8, 4) is 0 Å². The van der Waals surface area contributed by atoms with Crippen LogP contribution in [0.1, 0.15) is 40.2 Å². The number of carbonyl (C=O) groups excluding carboxylic acids is 1. The molecule has 162 valence electrons. The molecule has 2 aliphatic rings. The summed E-state index contributed by atoms with van der Waals surface area (Å²) in [5, 5.41) is 0.757. The Bertz CT molecular complexity index is 863. The number of aromatic nitrogens is 1. The maximum absolute atomic E-state index is 13.0. The molecule has 1 aromatic carbocycles. The van der Waals surface area contributed by atoms with Crippen molar-refractivity contribution >= 4 is 17.4 Å². The van der Waals surface area contributed by atoms with Gasteiger partial charge in [-0.25, -0.2) is 0 Å². The molecule has 2 saturated heterocycles. The highest BCUT2D eigenvalue weighted by Crippen LogP contribution is 2.26. The van der Waals surface area contributed by atoms with E-state index in [1.54, 1.807) is 0 Å².